The average molecular weight is 293 g/mol. The van der Waals surface area contributed by atoms with Crippen molar-refractivity contribution in [3.05, 3.63) is 84.4 Å². The van der Waals surface area contributed by atoms with E-state index >= 15 is 0 Å². The summed E-state index contributed by atoms with van der Waals surface area (Å²) in [6.07, 6.45) is 1.81. The van der Waals surface area contributed by atoms with Crippen molar-refractivity contribution in [1.29, 1.82) is 0 Å². The maximum atomic E-state index is 13.2. The minimum absolute atomic E-state index is 0.0208. The van der Waals surface area contributed by atoms with Gasteiger partial charge in [-0.3, -0.25) is 4.79 Å². The van der Waals surface area contributed by atoms with Crippen LogP contribution in [0.15, 0.2) is 73.3 Å². The third-order valence-electron chi connectivity index (χ3n) is 3.97. The van der Waals surface area contributed by atoms with Crippen molar-refractivity contribution < 1.29 is 4.79 Å². The Bertz CT molecular complexity index is 567. The highest BCUT2D eigenvalue weighted by Crippen LogP contribution is 2.27. The van der Waals surface area contributed by atoms with Gasteiger partial charge in [0.25, 0.3) is 0 Å². The summed E-state index contributed by atoms with van der Waals surface area (Å²) in [5, 5.41) is 0. The van der Waals surface area contributed by atoms with E-state index in [-0.39, 0.29) is 17.9 Å². The highest BCUT2D eigenvalue weighted by molar-refractivity contribution is 5.87. The Hall–Kier alpha value is -2.35. The van der Waals surface area contributed by atoms with Gasteiger partial charge < -0.3 is 4.90 Å². The molecule has 0 spiro atoms. The largest absolute Gasteiger partial charge is 0.336 e. The second-order valence-electron chi connectivity index (χ2n) is 5.35. The highest BCUT2D eigenvalue weighted by atomic mass is 16.2. The fourth-order valence-electron chi connectivity index (χ4n) is 2.71. The summed E-state index contributed by atoms with van der Waals surface area (Å²) >= 11 is 0. The van der Waals surface area contributed by atoms with Crippen molar-refractivity contribution in [1.82, 2.24) is 4.90 Å². The molecule has 2 aromatic carbocycles. The van der Waals surface area contributed by atoms with Gasteiger partial charge in [0.15, 0.2) is 0 Å². The van der Waals surface area contributed by atoms with Crippen LogP contribution in [0.5, 0.6) is 0 Å². The van der Waals surface area contributed by atoms with Gasteiger partial charge in [0.05, 0.1) is 5.92 Å². The lowest BCUT2D eigenvalue weighted by atomic mass is 9.89. The van der Waals surface area contributed by atoms with E-state index in [4.69, 9.17) is 0 Å². The molecule has 0 saturated heterocycles. The zero-order valence-electron chi connectivity index (χ0n) is 13.3. The molecule has 0 aromatic heterocycles. The zero-order chi connectivity index (χ0) is 15.9. The van der Waals surface area contributed by atoms with Crippen molar-refractivity contribution in [3.63, 3.8) is 0 Å². The van der Waals surface area contributed by atoms with Gasteiger partial charge in [0.2, 0.25) is 5.91 Å². The van der Waals surface area contributed by atoms with Crippen LogP contribution in [-0.4, -0.2) is 23.4 Å². The molecule has 1 atom stereocenters. The molecule has 2 rings (SSSR count). The number of likely N-dealkylation sites (N-methyl/N-ethyl adjacent to an activating group) is 1. The Kier molecular flexibility index (Phi) is 5.54. The summed E-state index contributed by atoms with van der Waals surface area (Å²) in [5.74, 6) is -0.156. The average Bonchev–Trinajstić information content (AvgIpc) is 2.57. The number of rotatable bonds is 6. The molecular formula is C20H23NO. The quantitative estimate of drug-likeness (QED) is 0.729. The molecule has 22 heavy (non-hydrogen) atoms. The van der Waals surface area contributed by atoms with Crippen LogP contribution < -0.4 is 0 Å². The van der Waals surface area contributed by atoms with Crippen LogP contribution in [0.3, 0.4) is 0 Å². The smallest absolute Gasteiger partial charge is 0.235 e. The van der Waals surface area contributed by atoms with Crippen LogP contribution in [0, 0.1) is 0 Å². The first-order valence-corrected chi connectivity index (χ1v) is 7.72. The topological polar surface area (TPSA) is 20.3 Å². The Morgan fingerprint density at radius 1 is 1.05 bits per heavy atom. The summed E-state index contributed by atoms with van der Waals surface area (Å²) in [6.45, 7) is 8.50. The molecule has 2 heteroatoms. The van der Waals surface area contributed by atoms with E-state index in [1.165, 1.54) is 0 Å². The predicted octanol–water partition coefficient (Wildman–Crippen LogP) is 4.24. The van der Waals surface area contributed by atoms with E-state index in [9.17, 15) is 4.79 Å². The first kappa shape index (κ1) is 16.0. The number of carbonyl (C=O) groups excluding carboxylic acids is 1. The van der Waals surface area contributed by atoms with E-state index < -0.39 is 0 Å². The van der Waals surface area contributed by atoms with Crippen molar-refractivity contribution in [2.45, 2.75) is 25.8 Å². The molecule has 0 aliphatic heterocycles. The van der Waals surface area contributed by atoms with Crippen molar-refractivity contribution in [2.24, 2.45) is 0 Å². The molecule has 1 amide bonds. The van der Waals surface area contributed by atoms with Crippen molar-refractivity contribution >= 4 is 5.91 Å². The van der Waals surface area contributed by atoms with Crippen LogP contribution >= 0.6 is 0 Å². The fourth-order valence-corrected chi connectivity index (χ4v) is 2.71. The zero-order valence-corrected chi connectivity index (χ0v) is 13.3. The van der Waals surface area contributed by atoms with Gasteiger partial charge in [0, 0.05) is 12.6 Å². The van der Waals surface area contributed by atoms with Crippen LogP contribution in [-0.2, 0) is 4.79 Å². The second-order valence-corrected chi connectivity index (χ2v) is 5.35. The Balaban J connectivity index is 2.45. The molecule has 2 aromatic rings. The number of hydrogen-bond donors (Lipinski definition) is 0. The van der Waals surface area contributed by atoms with Crippen LogP contribution in [0.25, 0.3) is 0 Å². The maximum absolute atomic E-state index is 13.2. The first-order valence-electron chi connectivity index (χ1n) is 7.72. The van der Waals surface area contributed by atoms with Gasteiger partial charge in [-0.25, -0.2) is 0 Å². The lowest BCUT2D eigenvalue weighted by Gasteiger charge is -2.30. The number of hydrogen-bond acceptors (Lipinski definition) is 1. The normalized spacial score (nSPS) is 12.0. The van der Waals surface area contributed by atoms with Crippen LogP contribution in [0.1, 0.15) is 30.9 Å². The standard InChI is InChI=1S/C20H23NO/c1-4-16(3)21(5-2)20(22)19(17-12-8-6-9-13-17)18-14-10-7-11-15-18/h4,6-16,19H,1,5H2,2-3H3. The first-order chi connectivity index (χ1) is 10.7. The number of carbonyl (C=O) groups is 1. The molecule has 0 aliphatic rings. The molecule has 114 valence electrons. The fraction of sp³-hybridized carbons (Fsp3) is 0.250. The van der Waals surface area contributed by atoms with Gasteiger partial charge in [-0.15, -0.1) is 6.58 Å². The van der Waals surface area contributed by atoms with Crippen LogP contribution in [0.4, 0.5) is 0 Å². The minimum Gasteiger partial charge on any atom is -0.336 e. The van der Waals surface area contributed by atoms with Crippen molar-refractivity contribution in [2.75, 3.05) is 6.54 Å². The summed E-state index contributed by atoms with van der Waals surface area (Å²) in [4.78, 5) is 15.0. The summed E-state index contributed by atoms with van der Waals surface area (Å²) in [6, 6.07) is 19.9. The lowest BCUT2D eigenvalue weighted by molar-refractivity contribution is -0.132. The van der Waals surface area contributed by atoms with Gasteiger partial charge in [-0.2, -0.15) is 0 Å². The minimum atomic E-state index is -0.273. The molecule has 0 bridgehead atoms. The molecule has 1 unspecified atom stereocenters. The third-order valence-corrected chi connectivity index (χ3v) is 3.97. The summed E-state index contributed by atoms with van der Waals surface area (Å²) in [5.41, 5.74) is 2.04. The SMILES string of the molecule is C=CC(C)N(CC)C(=O)C(c1ccccc1)c1ccccc1. The summed E-state index contributed by atoms with van der Waals surface area (Å²) < 4.78 is 0. The molecule has 0 aliphatic carbocycles. The van der Waals surface area contributed by atoms with E-state index in [2.05, 4.69) is 6.58 Å². The Labute approximate surface area is 133 Å². The molecular weight excluding hydrogens is 270 g/mol. The number of benzene rings is 2. The van der Waals surface area contributed by atoms with E-state index in [1.807, 2.05) is 85.5 Å². The van der Waals surface area contributed by atoms with Gasteiger partial charge in [-0.1, -0.05) is 66.7 Å². The Morgan fingerprint density at radius 3 is 1.86 bits per heavy atom. The van der Waals surface area contributed by atoms with Crippen LogP contribution in [0.2, 0.25) is 0 Å². The number of nitrogens with zero attached hydrogens (tertiary/aromatic N) is 1. The predicted molar refractivity (Wildman–Crippen MR) is 91.8 cm³/mol. The monoisotopic (exact) mass is 293 g/mol. The number of amides is 1. The summed E-state index contributed by atoms with van der Waals surface area (Å²) in [7, 11) is 0. The van der Waals surface area contributed by atoms with E-state index in [0.29, 0.717) is 6.54 Å². The van der Waals surface area contributed by atoms with Gasteiger partial charge >= 0.3 is 0 Å². The molecule has 0 fully saturated rings. The molecule has 0 radical (unpaired) electrons. The Morgan fingerprint density at radius 2 is 1.50 bits per heavy atom. The van der Waals surface area contributed by atoms with E-state index in [0.717, 1.165) is 11.1 Å². The third kappa shape index (κ3) is 3.45. The van der Waals surface area contributed by atoms with E-state index in [1.54, 1.807) is 0 Å². The highest BCUT2D eigenvalue weighted by Gasteiger charge is 2.28. The van der Waals surface area contributed by atoms with Gasteiger partial charge in [-0.05, 0) is 25.0 Å². The molecule has 0 heterocycles. The molecule has 0 N–H and O–H groups in total. The maximum Gasteiger partial charge on any atom is 0.235 e. The second kappa shape index (κ2) is 7.60. The molecule has 2 nitrogen and oxygen atoms in total. The lowest BCUT2D eigenvalue weighted by Crippen LogP contribution is -2.40. The van der Waals surface area contributed by atoms with Crippen molar-refractivity contribution in [3.8, 4) is 0 Å². The molecule has 0 saturated carbocycles. The van der Waals surface area contributed by atoms with Gasteiger partial charge in [0.1, 0.15) is 0 Å².